The van der Waals surface area contributed by atoms with Gasteiger partial charge in [0, 0.05) is 12.4 Å². The molecular weight excluding hydrogens is 220 g/mol. The molecule has 0 unspecified atom stereocenters. The van der Waals surface area contributed by atoms with Gasteiger partial charge in [-0.1, -0.05) is 6.07 Å². The molecule has 2 rings (SSSR count). The van der Waals surface area contributed by atoms with E-state index in [9.17, 15) is 9.90 Å². The van der Waals surface area contributed by atoms with E-state index < -0.39 is 5.91 Å². The average molecular weight is 230 g/mol. The monoisotopic (exact) mass is 230 g/mol. The van der Waals surface area contributed by atoms with E-state index in [0.29, 0.717) is 5.82 Å². The first-order valence-electron chi connectivity index (χ1n) is 4.83. The Hall–Kier alpha value is -2.63. The van der Waals surface area contributed by atoms with E-state index in [0.717, 1.165) is 0 Å². The van der Waals surface area contributed by atoms with Gasteiger partial charge in [0.25, 0.3) is 5.91 Å². The molecule has 0 saturated heterocycles. The minimum Gasteiger partial charge on any atom is -0.505 e. The Kier molecular flexibility index (Phi) is 2.87. The summed E-state index contributed by atoms with van der Waals surface area (Å²) >= 11 is 0. The molecule has 4 N–H and O–H groups in total. The molecule has 1 aromatic heterocycles. The van der Waals surface area contributed by atoms with E-state index in [1.54, 1.807) is 6.07 Å². The molecule has 0 bridgehead atoms. The van der Waals surface area contributed by atoms with Crippen molar-refractivity contribution in [1.29, 1.82) is 0 Å². The number of para-hydroxylation sites is 1. The van der Waals surface area contributed by atoms with Gasteiger partial charge in [-0.3, -0.25) is 9.78 Å². The van der Waals surface area contributed by atoms with Crippen LogP contribution >= 0.6 is 0 Å². The van der Waals surface area contributed by atoms with E-state index in [2.05, 4.69) is 15.3 Å². The molecule has 1 amide bonds. The van der Waals surface area contributed by atoms with Gasteiger partial charge in [0.05, 0.1) is 17.4 Å². The van der Waals surface area contributed by atoms with Crippen LogP contribution in [0.1, 0.15) is 10.4 Å². The number of carbonyl (C=O) groups excluding carboxylic acids is 1. The Balaban J connectivity index is 2.24. The number of aromatic hydroxyl groups is 1. The minimum atomic E-state index is -0.490. The lowest BCUT2D eigenvalue weighted by Crippen LogP contribution is -2.13. The van der Waals surface area contributed by atoms with Gasteiger partial charge in [-0.05, 0) is 12.1 Å². The highest BCUT2D eigenvalue weighted by molar-refractivity contribution is 6.06. The second kappa shape index (κ2) is 4.48. The Morgan fingerprint density at radius 3 is 2.88 bits per heavy atom. The van der Waals surface area contributed by atoms with E-state index in [-0.39, 0.29) is 17.0 Å². The number of amides is 1. The zero-order chi connectivity index (χ0) is 12.3. The smallest absolute Gasteiger partial charge is 0.260 e. The largest absolute Gasteiger partial charge is 0.505 e. The van der Waals surface area contributed by atoms with Gasteiger partial charge in [0.2, 0.25) is 0 Å². The number of phenols is 1. The number of rotatable bonds is 2. The first-order valence-corrected chi connectivity index (χ1v) is 4.83. The Bertz CT molecular complexity index is 542. The minimum absolute atomic E-state index is 0.0932. The van der Waals surface area contributed by atoms with Crippen molar-refractivity contribution in [3.05, 3.63) is 42.4 Å². The van der Waals surface area contributed by atoms with Gasteiger partial charge in [0.15, 0.2) is 11.6 Å². The fourth-order valence-electron chi connectivity index (χ4n) is 1.29. The number of nitrogens with zero attached hydrogens (tertiary/aromatic N) is 2. The lowest BCUT2D eigenvalue weighted by atomic mass is 10.1. The number of nitrogen functional groups attached to an aromatic ring is 1. The zero-order valence-corrected chi connectivity index (χ0v) is 8.79. The summed E-state index contributed by atoms with van der Waals surface area (Å²) in [5, 5.41) is 12.1. The maximum absolute atomic E-state index is 11.8. The second-order valence-electron chi connectivity index (χ2n) is 3.29. The summed E-state index contributed by atoms with van der Waals surface area (Å²) in [6, 6.07) is 4.56. The summed E-state index contributed by atoms with van der Waals surface area (Å²) in [5.41, 5.74) is 5.74. The van der Waals surface area contributed by atoms with Crippen LogP contribution in [0.25, 0.3) is 0 Å². The zero-order valence-electron chi connectivity index (χ0n) is 8.79. The molecule has 0 fully saturated rings. The molecule has 0 aliphatic heterocycles. The van der Waals surface area contributed by atoms with Crippen LogP contribution < -0.4 is 11.1 Å². The number of carbonyl (C=O) groups is 1. The van der Waals surface area contributed by atoms with Crippen molar-refractivity contribution in [3.8, 4) is 5.75 Å². The molecule has 2 aromatic rings. The predicted molar refractivity (Wildman–Crippen MR) is 62.5 cm³/mol. The number of phenolic OH excluding ortho intramolecular Hbond substituents is 1. The lowest BCUT2D eigenvalue weighted by molar-refractivity contribution is 0.102. The van der Waals surface area contributed by atoms with E-state index >= 15 is 0 Å². The van der Waals surface area contributed by atoms with Gasteiger partial charge in [-0.2, -0.15) is 0 Å². The molecule has 6 heteroatoms. The number of anilines is 2. The molecular formula is C11H10N4O2. The predicted octanol–water partition coefficient (Wildman–Crippen LogP) is 1.02. The molecule has 1 aromatic carbocycles. The topological polar surface area (TPSA) is 101 Å². The normalized spacial score (nSPS) is 9.88. The Morgan fingerprint density at radius 1 is 1.35 bits per heavy atom. The third-order valence-corrected chi connectivity index (χ3v) is 2.12. The number of nitrogens with two attached hydrogens (primary N) is 1. The van der Waals surface area contributed by atoms with Crippen LogP contribution in [0.2, 0.25) is 0 Å². The third kappa shape index (κ3) is 2.31. The summed E-state index contributed by atoms with van der Waals surface area (Å²) in [6.07, 6.45) is 4.35. The molecule has 1 heterocycles. The molecule has 17 heavy (non-hydrogen) atoms. The van der Waals surface area contributed by atoms with Crippen LogP contribution in [-0.4, -0.2) is 21.0 Å². The number of nitrogens with one attached hydrogen (secondary N) is 1. The first-order chi connectivity index (χ1) is 8.18. The maximum atomic E-state index is 11.8. The lowest BCUT2D eigenvalue weighted by Gasteiger charge is -2.06. The van der Waals surface area contributed by atoms with Crippen molar-refractivity contribution in [2.75, 3.05) is 11.1 Å². The van der Waals surface area contributed by atoms with E-state index in [4.69, 9.17) is 5.73 Å². The fraction of sp³-hybridized carbons (Fsp3) is 0. The van der Waals surface area contributed by atoms with Crippen LogP contribution in [0.4, 0.5) is 11.5 Å². The standard InChI is InChI=1S/C11H10N4O2/c12-8-3-1-2-7(10(8)16)11(17)15-9-6-13-4-5-14-9/h1-6,16H,12H2,(H,14,15,17). The molecule has 0 aliphatic carbocycles. The van der Waals surface area contributed by atoms with Crippen molar-refractivity contribution in [2.24, 2.45) is 0 Å². The van der Waals surface area contributed by atoms with Gasteiger partial charge >= 0.3 is 0 Å². The third-order valence-electron chi connectivity index (χ3n) is 2.12. The van der Waals surface area contributed by atoms with Crippen molar-refractivity contribution >= 4 is 17.4 Å². The SMILES string of the molecule is Nc1cccc(C(=O)Nc2cnccn2)c1O. The quantitative estimate of drug-likeness (QED) is 0.528. The fourth-order valence-corrected chi connectivity index (χ4v) is 1.29. The Morgan fingerprint density at radius 2 is 2.18 bits per heavy atom. The summed E-state index contributed by atoms with van der Waals surface area (Å²) in [7, 11) is 0. The molecule has 86 valence electrons. The van der Waals surface area contributed by atoms with Crippen LogP contribution in [0, 0.1) is 0 Å². The molecule has 0 atom stereocenters. The van der Waals surface area contributed by atoms with Gasteiger partial charge in [-0.25, -0.2) is 4.98 Å². The van der Waals surface area contributed by atoms with Crippen LogP contribution in [-0.2, 0) is 0 Å². The second-order valence-corrected chi connectivity index (χ2v) is 3.29. The van der Waals surface area contributed by atoms with E-state index in [1.165, 1.54) is 30.7 Å². The van der Waals surface area contributed by atoms with Crippen LogP contribution in [0.5, 0.6) is 5.75 Å². The van der Waals surface area contributed by atoms with Crippen LogP contribution in [0.3, 0.4) is 0 Å². The highest BCUT2D eigenvalue weighted by Gasteiger charge is 2.13. The van der Waals surface area contributed by atoms with Gasteiger partial charge < -0.3 is 16.2 Å². The van der Waals surface area contributed by atoms with Crippen LogP contribution in [0.15, 0.2) is 36.8 Å². The number of aromatic nitrogens is 2. The molecule has 0 spiro atoms. The number of benzene rings is 1. The van der Waals surface area contributed by atoms with Crippen molar-refractivity contribution in [3.63, 3.8) is 0 Å². The molecule has 0 radical (unpaired) electrons. The summed E-state index contributed by atoms with van der Waals surface area (Å²) in [6.45, 7) is 0. The van der Waals surface area contributed by atoms with Crippen molar-refractivity contribution in [2.45, 2.75) is 0 Å². The first kappa shape index (κ1) is 10.9. The number of hydrogen-bond donors (Lipinski definition) is 3. The highest BCUT2D eigenvalue weighted by atomic mass is 16.3. The summed E-state index contributed by atoms with van der Waals surface area (Å²) in [5.74, 6) is -0.427. The average Bonchev–Trinajstić information content (AvgIpc) is 2.34. The Labute approximate surface area is 97.1 Å². The maximum Gasteiger partial charge on any atom is 0.260 e. The molecule has 6 nitrogen and oxygen atoms in total. The van der Waals surface area contributed by atoms with Gasteiger partial charge in [0.1, 0.15) is 0 Å². The van der Waals surface area contributed by atoms with Crippen molar-refractivity contribution in [1.82, 2.24) is 9.97 Å². The highest BCUT2D eigenvalue weighted by Crippen LogP contribution is 2.24. The molecule has 0 saturated carbocycles. The summed E-state index contributed by atoms with van der Waals surface area (Å²) < 4.78 is 0. The van der Waals surface area contributed by atoms with Crippen molar-refractivity contribution < 1.29 is 9.90 Å². The van der Waals surface area contributed by atoms with Gasteiger partial charge in [-0.15, -0.1) is 0 Å². The van der Waals surface area contributed by atoms with E-state index in [1.807, 2.05) is 0 Å². The molecule has 0 aliphatic rings. The summed E-state index contributed by atoms with van der Waals surface area (Å²) in [4.78, 5) is 19.5. The number of hydrogen-bond acceptors (Lipinski definition) is 5.